The maximum atomic E-state index is 11.4. The lowest BCUT2D eigenvalue weighted by Crippen LogP contribution is -2.08. The van der Waals surface area contributed by atoms with Gasteiger partial charge in [-0.25, -0.2) is 4.79 Å². The number of nitrogens with zero attached hydrogens (tertiary/aromatic N) is 1. The van der Waals surface area contributed by atoms with Crippen LogP contribution < -0.4 is 4.74 Å². The smallest absolute Gasteiger partial charge is 0.338 e. The van der Waals surface area contributed by atoms with E-state index in [0.29, 0.717) is 5.75 Å². The third kappa shape index (κ3) is 2.43. The predicted molar refractivity (Wildman–Crippen MR) is 58.5 cm³/mol. The SMILES string of the molecule is COC(=O)c1cc(OC)ccc1C(Cl)=NO. The lowest BCUT2D eigenvalue weighted by atomic mass is 10.1. The quantitative estimate of drug-likeness (QED) is 0.381. The molecule has 0 heterocycles. The van der Waals surface area contributed by atoms with Gasteiger partial charge in [0.05, 0.1) is 19.8 Å². The molecule has 0 aliphatic rings. The van der Waals surface area contributed by atoms with Gasteiger partial charge in [0.15, 0.2) is 5.17 Å². The van der Waals surface area contributed by atoms with Gasteiger partial charge in [-0.3, -0.25) is 0 Å². The molecule has 0 atom stereocenters. The molecule has 0 aliphatic carbocycles. The van der Waals surface area contributed by atoms with Crippen LogP contribution in [0.2, 0.25) is 0 Å². The summed E-state index contributed by atoms with van der Waals surface area (Å²) < 4.78 is 9.55. The summed E-state index contributed by atoms with van der Waals surface area (Å²) in [6.45, 7) is 0. The number of carbonyl (C=O) groups is 1. The van der Waals surface area contributed by atoms with E-state index in [9.17, 15) is 4.79 Å². The molecular formula is C10H10ClNO4. The van der Waals surface area contributed by atoms with E-state index in [2.05, 4.69) is 9.89 Å². The van der Waals surface area contributed by atoms with Crippen LogP contribution in [0.3, 0.4) is 0 Å². The Kier molecular flexibility index (Phi) is 4.13. The third-order valence-electron chi connectivity index (χ3n) is 1.94. The summed E-state index contributed by atoms with van der Waals surface area (Å²) in [5, 5.41) is 11.2. The molecule has 1 N–H and O–H groups in total. The number of benzene rings is 1. The Bertz CT molecular complexity index is 431. The molecule has 0 saturated carbocycles. The molecule has 86 valence electrons. The Hall–Kier alpha value is -1.75. The van der Waals surface area contributed by atoms with E-state index in [1.54, 1.807) is 6.07 Å². The molecule has 0 amide bonds. The molecule has 0 bridgehead atoms. The van der Waals surface area contributed by atoms with E-state index in [1.807, 2.05) is 0 Å². The molecular weight excluding hydrogens is 234 g/mol. The number of hydrogen-bond donors (Lipinski definition) is 1. The number of methoxy groups -OCH3 is 2. The zero-order valence-electron chi connectivity index (χ0n) is 8.73. The van der Waals surface area contributed by atoms with Gasteiger partial charge in [0.1, 0.15) is 5.75 Å². The van der Waals surface area contributed by atoms with Crippen molar-refractivity contribution in [2.45, 2.75) is 0 Å². The van der Waals surface area contributed by atoms with Crippen LogP contribution in [0.4, 0.5) is 0 Å². The van der Waals surface area contributed by atoms with Crippen LogP contribution in [-0.4, -0.2) is 30.6 Å². The van der Waals surface area contributed by atoms with Gasteiger partial charge in [-0.05, 0) is 18.2 Å². The Balaban J connectivity index is 3.32. The van der Waals surface area contributed by atoms with E-state index in [1.165, 1.54) is 26.4 Å². The lowest BCUT2D eigenvalue weighted by Gasteiger charge is -2.07. The van der Waals surface area contributed by atoms with Gasteiger partial charge >= 0.3 is 5.97 Å². The van der Waals surface area contributed by atoms with Crippen molar-refractivity contribution in [2.24, 2.45) is 5.16 Å². The molecule has 0 saturated heterocycles. The Morgan fingerprint density at radius 3 is 2.56 bits per heavy atom. The number of esters is 1. The monoisotopic (exact) mass is 243 g/mol. The lowest BCUT2D eigenvalue weighted by molar-refractivity contribution is 0.0600. The largest absolute Gasteiger partial charge is 0.497 e. The van der Waals surface area contributed by atoms with Crippen LogP contribution in [0.15, 0.2) is 23.4 Å². The molecule has 0 spiro atoms. The molecule has 1 aromatic rings. The van der Waals surface area contributed by atoms with Crippen molar-refractivity contribution >= 4 is 22.7 Å². The summed E-state index contributed by atoms with van der Waals surface area (Å²) in [6.07, 6.45) is 0. The van der Waals surface area contributed by atoms with Gasteiger partial charge in [0, 0.05) is 5.56 Å². The molecule has 0 radical (unpaired) electrons. The summed E-state index contributed by atoms with van der Waals surface area (Å²) in [4.78, 5) is 11.4. The maximum absolute atomic E-state index is 11.4. The molecule has 0 aromatic heterocycles. The highest BCUT2D eigenvalue weighted by Crippen LogP contribution is 2.20. The second kappa shape index (κ2) is 5.37. The van der Waals surface area contributed by atoms with Crippen molar-refractivity contribution in [2.75, 3.05) is 14.2 Å². The number of ether oxygens (including phenoxy) is 2. The van der Waals surface area contributed by atoms with Crippen molar-refractivity contribution < 1.29 is 19.5 Å². The van der Waals surface area contributed by atoms with Gasteiger partial charge in [0.2, 0.25) is 0 Å². The predicted octanol–water partition coefficient (Wildman–Crippen LogP) is 1.86. The van der Waals surface area contributed by atoms with E-state index >= 15 is 0 Å². The van der Waals surface area contributed by atoms with Crippen molar-refractivity contribution in [3.05, 3.63) is 29.3 Å². The number of hydrogen-bond acceptors (Lipinski definition) is 5. The first-order valence-corrected chi connectivity index (χ1v) is 4.66. The number of oxime groups is 1. The van der Waals surface area contributed by atoms with Crippen LogP contribution in [-0.2, 0) is 4.74 Å². The van der Waals surface area contributed by atoms with Crippen molar-refractivity contribution in [1.29, 1.82) is 0 Å². The fraction of sp³-hybridized carbons (Fsp3) is 0.200. The van der Waals surface area contributed by atoms with Crippen molar-refractivity contribution in [1.82, 2.24) is 0 Å². The van der Waals surface area contributed by atoms with E-state index in [-0.39, 0.29) is 16.3 Å². The topological polar surface area (TPSA) is 68.1 Å². The summed E-state index contributed by atoms with van der Waals surface area (Å²) >= 11 is 5.64. The normalized spacial score (nSPS) is 11.1. The average Bonchev–Trinajstić information content (AvgIpc) is 2.36. The Morgan fingerprint density at radius 2 is 2.06 bits per heavy atom. The molecule has 1 rings (SSSR count). The average molecular weight is 244 g/mol. The fourth-order valence-corrected chi connectivity index (χ4v) is 1.33. The molecule has 0 fully saturated rings. The molecule has 0 unspecified atom stereocenters. The molecule has 5 nitrogen and oxygen atoms in total. The summed E-state index contributed by atoms with van der Waals surface area (Å²) in [6, 6.07) is 4.55. The van der Waals surface area contributed by atoms with Gasteiger partial charge in [0.25, 0.3) is 0 Å². The fourth-order valence-electron chi connectivity index (χ4n) is 1.16. The van der Waals surface area contributed by atoms with Crippen LogP contribution in [0.25, 0.3) is 0 Å². The van der Waals surface area contributed by atoms with Crippen LogP contribution in [0.5, 0.6) is 5.75 Å². The maximum Gasteiger partial charge on any atom is 0.338 e. The molecule has 16 heavy (non-hydrogen) atoms. The van der Waals surface area contributed by atoms with Crippen LogP contribution >= 0.6 is 11.6 Å². The van der Waals surface area contributed by atoms with Gasteiger partial charge in [-0.15, -0.1) is 0 Å². The van der Waals surface area contributed by atoms with Gasteiger partial charge in [-0.1, -0.05) is 16.8 Å². The van der Waals surface area contributed by atoms with Crippen LogP contribution in [0.1, 0.15) is 15.9 Å². The van der Waals surface area contributed by atoms with E-state index < -0.39 is 5.97 Å². The summed E-state index contributed by atoms with van der Waals surface area (Å²) in [5.74, 6) is -0.109. The first-order valence-electron chi connectivity index (χ1n) is 4.28. The Labute approximate surface area is 97.2 Å². The first-order chi connectivity index (χ1) is 7.63. The molecule has 6 heteroatoms. The minimum absolute atomic E-state index is 0.171. The van der Waals surface area contributed by atoms with Crippen molar-refractivity contribution in [3.63, 3.8) is 0 Å². The minimum atomic E-state index is -0.587. The van der Waals surface area contributed by atoms with E-state index in [4.69, 9.17) is 21.5 Å². The second-order valence-electron chi connectivity index (χ2n) is 2.79. The van der Waals surface area contributed by atoms with E-state index in [0.717, 1.165) is 0 Å². The highest BCUT2D eigenvalue weighted by Gasteiger charge is 2.16. The highest BCUT2D eigenvalue weighted by atomic mass is 35.5. The number of rotatable bonds is 3. The van der Waals surface area contributed by atoms with Crippen molar-refractivity contribution in [3.8, 4) is 5.75 Å². The zero-order chi connectivity index (χ0) is 12.1. The standard InChI is InChI=1S/C10H10ClNO4/c1-15-6-3-4-7(9(11)12-14)8(5-6)10(13)16-2/h3-5,14H,1-2H3. The highest BCUT2D eigenvalue weighted by molar-refractivity contribution is 6.69. The molecule has 0 aliphatic heterocycles. The zero-order valence-corrected chi connectivity index (χ0v) is 9.49. The summed E-state index contributed by atoms with van der Waals surface area (Å²) in [7, 11) is 2.72. The van der Waals surface area contributed by atoms with Crippen LogP contribution in [0, 0.1) is 0 Å². The molecule has 1 aromatic carbocycles. The number of halogens is 1. The number of carbonyl (C=O) groups excluding carboxylic acids is 1. The second-order valence-corrected chi connectivity index (χ2v) is 3.15. The minimum Gasteiger partial charge on any atom is -0.497 e. The van der Waals surface area contributed by atoms with Gasteiger partial charge < -0.3 is 14.7 Å². The summed E-state index contributed by atoms with van der Waals surface area (Å²) in [5.41, 5.74) is 0.446. The first kappa shape index (κ1) is 12.3. The third-order valence-corrected chi connectivity index (χ3v) is 2.22. The van der Waals surface area contributed by atoms with Gasteiger partial charge in [-0.2, -0.15) is 0 Å². The Morgan fingerprint density at radius 1 is 1.38 bits per heavy atom.